The summed E-state index contributed by atoms with van der Waals surface area (Å²) in [4.78, 5) is 25.3. The van der Waals surface area contributed by atoms with Gasteiger partial charge >= 0.3 is 0 Å². The van der Waals surface area contributed by atoms with Crippen molar-refractivity contribution in [1.29, 1.82) is 0 Å². The molecular formula is C19H20N2O2S. The van der Waals surface area contributed by atoms with Gasteiger partial charge in [0.05, 0.1) is 10.1 Å². The third-order valence-electron chi connectivity index (χ3n) is 3.98. The van der Waals surface area contributed by atoms with E-state index in [4.69, 9.17) is 0 Å². The van der Waals surface area contributed by atoms with Crippen LogP contribution in [0.1, 0.15) is 30.5 Å². The Morgan fingerprint density at radius 1 is 1.17 bits per heavy atom. The number of amides is 1. The number of anilines is 1. The molecule has 0 aliphatic rings. The summed E-state index contributed by atoms with van der Waals surface area (Å²) >= 11 is 1.35. The molecule has 0 saturated carbocycles. The van der Waals surface area contributed by atoms with Gasteiger partial charge in [-0.1, -0.05) is 36.7 Å². The zero-order chi connectivity index (χ0) is 17.3. The van der Waals surface area contributed by atoms with Crippen LogP contribution >= 0.6 is 11.5 Å². The number of rotatable bonds is 4. The molecule has 1 amide bonds. The zero-order valence-corrected chi connectivity index (χ0v) is 14.8. The molecule has 3 rings (SSSR count). The highest BCUT2D eigenvalue weighted by Gasteiger charge is 2.22. The molecule has 0 unspecified atom stereocenters. The first-order valence-corrected chi connectivity index (χ1v) is 8.76. The maximum atomic E-state index is 12.7. The fourth-order valence-electron chi connectivity index (χ4n) is 2.92. The van der Waals surface area contributed by atoms with Crippen LogP contribution in [0.3, 0.4) is 0 Å². The predicted molar refractivity (Wildman–Crippen MR) is 100.0 cm³/mol. The van der Waals surface area contributed by atoms with Gasteiger partial charge in [-0.05, 0) is 55.7 Å². The van der Waals surface area contributed by atoms with Gasteiger partial charge in [0.1, 0.15) is 6.04 Å². The summed E-state index contributed by atoms with van der Waals surface area (Å²) in [5.41, 5.74) is 2.86. The van der Waals surface area contributed by atoms with E-state index in [-0.39, 0.29) is 11.5 Å². The summed E-state index contributed by atoms with van der Waals surface area (Å²) in [6.07, 6.45) is 0.559. The number of carbonyl (C=O) groups is 1. The quantitative estimate of drug-likeness (QED) is 0.771. The summed E-state index contributed by atoms with van der Waals surface area (Å²) in [6, 6.07) is 12.9. The molecule has 2 aromatic carbocycles. The molecule has 4 nitrogen and oxygen atoms in total. The zero-order valence-electron chi connectivity index (χ0n) is 14.0. The summed E-state index contributed by atoms with van der Waals surface area (Å²) in [5, 5.41) is 3.62. The number of aryl methyl sites for hydroxylation is 2. The fourth-order valence-corrected chi connectivity index (χ4v) is 4.08. The number of fused-ring (bicyclic) bond motifs is 1. The molecule has 5 heteroatoms. The van der Waals surface area contributed by atoms with E-state index in [2.05, 4.69) is 11.4 Å². The average molecular weight is 340 g/mol. The number of benzene rings is 2. The van der Waals surface area contributed by atoms with Gasteiger partial charge in [-0.25, -0.2) is 0 Å². The summed E-state index contributed by atoms with van der Waals surface area (Å²) in [5.74, 6) is -0.156. The molecule has 0 radical (unpaired) electrons. The molecule has 1 heterocycles. The van der Waals surface area contributed by atoms with E-state index in [1.807, 2.05) is 51.1 Å². The topological polar surface area (TPSA) is 51.1 Å². The van der Waals surface area contributed by atoms with E-state index in [0.29, 0.717) is 11.8 Å². The lowest BCUT2D eigenvalue weighted by Crippen LogP contribution is -2.30. The Hall–Kier alpha value is -2.40. The lowest BCUT2D eigenvalue weighted by Gasteiger charge is -2.15. The Balaban J connectivity index is 1.93. The molecule has 0 spiro atoms. The first-order valence-electron chi connectivity index (χ1n) is 7.99. The minimum absolute atomic E-state index is 0.0991. The van der Waals surface area contributed by atoms with Crippen LogP contribution in [0, 0.1) is 13.8 Å². The molecule has 3 aromatic rings. The van der Waals surface area contributed by atoms with Crippen molar-refractivity contribution in [3.8, 4) is 0 Å². The maximum Gasteiger partial charge on any atom is 0.269 e. The van der Waals surface area contributed by atoms with Gasteiger partial charge in [0.2, 0.25) is 5.91 Å². The molecule has 0 saturated heterocycles. The molecule has 24 heavy (non-hydrogen) atoms. The largest absolute Gasteiger partial charge is 0.324 e. The molecule has 0 bridgehead atoms. The van der Waals surface area contributed by atoms with Gasteiger partial charge in [-0.3, -0.25) is 13.5 Å². The monoisotopic (exact) mass is 340 g/mol. The van der Waals surface area contributed by atoms with Crippen LogP contribution in [0.25, 0.3) is 10.1 Å². The van der Waals surface area contributed by atoms with Crippen LogP contribution in [0.2, 0.25) is 0 Å². The number of hydrogen-bond donors (Lipinski definition) is 1. The predicted octanol–water partition coefficient (Wildman–Crippen LogP) is 4.27. The molecule has 1 atom stereocenters. The molecule has 0 aliphatic heterocycles. The van der Waals surface area contributed by atoms with E-state index in [0.717, 1.165) is 21.5 Å². The minimum Gasteiger partial charge on any atom is -0.324 e. The van der Waals surface area contributed by atoms with Gasteiger partial charge in [-0.2, -0.15) is 0 Å². The Bertz CT molecular complexity index is 935. The molecule has 0 fully saturated rings. The number of nitrogens with zero attached hydrogens (tertiary/aromatic N) is 1. The normalized spacial score (nSPS) is 12.3. The summed E-state index contributed by atoms with van der Waals surface area (Å²) in [7, 11) is 0. The summed E-state index contributed by atoms with van der Waals surface area (Å²) in [6.45, 7) is 5.91. The van der Waals surface area contributed by atoms with Crippen LogP contribution < -0.4 is 10.9 Å². The van der Waals surface area contributed by atoms with Crippen molar-refractivity contribution in [2.24, 2.45) is 0 Å². The summed E-state index contributed by atoms with van der Waals surface area (Å²) < 4.78 is 2.49. The van der Waals surface area contributed by atoms with E-state index in [1.54, 1.807) is 10.0 Å². The van der Waals surface area contributed by atoms with Gasteiger partial charge in [0, 0.05) is 5.69 Å². The van der Waals surface area contributed by atoms with Gasteiger partial charge in [-0.15, -0.1) is 0 Å². The Labute approximate surface area is 144 Å². The van der Waals surface area contributed by atoms with E-state index in [9.17, 15) is 9.59 Å². The van der Waals surface area contributed by atoms with Crippen LogP contribution in [-0.4, -0.2) is 9.86 Å². The van der Waals surface area contributed by atoms with Crippen molar-refractivity contribution in [3.05, 3.63) is 63.9 Å². The second kappa shape index (κ2) is 6.61. The number of aromatic nitrogens is 1. The van der Waals surface area contributed by atoms with Crippen molar-refractivity contribution in [2.45, 2.75) is 33.2 Å². The van der Waals surface area contributed by atoms with Crippen molar-refractivity contribution < 1.29 is 4.79 Å². The molecule has 0 aliphatic carbocycles. The second-order valence-electron chi connectivity index (χ2n) is 6.01. The first kappa shape index (κ1) is 16.5. The fraction of sp³-hybridized carbons (Fsp3) is 0.263. The number of nitrogens with one attached hydrogen (secondary N) is 1. The Kier molecular flexibility index (Phi) is 4.53. The first-order chi connectivity index (χ1) is 11.5. The lowest BCUT2D eigenvalue weighted by atomic mass is 10.1. The van der Waals surface area contributed by atoms with E-state index < -0.39 is 6.04 Å². The van der Waals surface area contributed by atoms with Gasteiger partial charge in [0.25, 0.3) is 5.56 Å². The molecule has 1 N–H and O–H groups in total. The second-order valence-corrected chi connectivity index (χ2v) is 7.02. The van der Waals surface area contributed by atoms with Crippen LogP contribution in [0.4, 0.5) is 5.69 Å². The van der Waals surface area contributed by atoms with Crippen molar-refractivity contribution >= 4 is 33.2 Å². The van der Waals surface area contributed by atoms with Crippen molar-refractivity contribution in [2.75, 3.05) is 5.32 Å². The average Bonchev–Trinajstić information content (AvgIpc) is 2.84. The minimum atomic E-state index is -0.504. The number of carbonyl (C=O) groups excluding carboxylic acids is 1. The van der Waals surface area contributed by atoms with Crippen LogP contribution in [0.5, 0.6) is 0 Å². The third kappa shape index (κ3) is 3.12. The van der Waals surface area contributed by atoms with Crippen molar-refractivity contribution in [3.63, 3.8) is 0 Å². The molecule has 124 valence electrons. The van der Waals surface area contributed by atoms with E-state index >= 15 is 0 Å². The Morgan fingerprint density at radius 3 is 2.46 bits per heavy atom. The van der Waals surface area contributed by atoms with Crippen LogP contribution in [-0.2, 0) is 4.79 Å². The lowest BCUT2D eigenvalue weighted by molar-refractivity contribution is -0.119. The SMILES string of the molecule is CC[C@H](C(=O)Nc1cc(C)cc(C)c1)n1sc2ccccc2c1=O. The van der Waals surface area contributed by atoms with Gasteiger partial charge in [0.15, 0.2) is 0 Å². The van der Waals surface area contributed by atoms with Gasteiger partial charge < -0.3 is 5.32 Å². The number of hydrogen-bond acceptors (Lipinski definition) is 3. The smallest absolute Gasteiger partial charge is 0.269 e. The molecular weight excluding hydrogens is 320 g/mol. The molecule has 1 aromatic heterocycles. The third-order valence-corrected chi connectivity index (χ3v) is 5.15. The van der Waals surface area contributed by atoms with E-state index in [1.165, 1.54) is 11.5 Å². The standard InChI is InChI=1S/C19H20N2O2S/c1-4-16(18(22)20-14-10-12(2)9-13(3)11-14)21-19(23)15-7-5-6-8-17(15)24-21/h5-11,16H,4H2,1-3H3,(H,20,22)/t16-/m1/s1. The highest BCUT2D eigenvalue weighted by molar-refractivity contribution is 7.14. The highest BCUT2D eigenvalue weighted by atomic mass is 32.1. The van der Waals surface area contributed by atoms with Crippen LogP contribution in [0.15, 0.2) is 47.3 Å². The maximum absolute atomic E-state index is 12.7. The highest BCUT2D eigenvalue weighted by Crippen LogP contribution is 2.23. The van der Waals surface area contributed by atoms with Crippen molar-refractivity contribution in [1.82, 2.24) is 3.96 Å². The Morgan fingerprint density at radius 2 is 1.83 bits per heavy atom.